The van der Waals surface area contributed by atoms with E-state index in [1.807, 2.05) is 18.2 Å². The summed E-state index contributed by atoms with van der Waals surface area (Å²) in [6.45, 7) is 4.41. The molecule has 1 aromatic carbocycles. The molecule has 0 saturated heterocycles. The fraction of sp³-hybridized carbons (Fsp3) is 0.571. The predicted molar refractivity (Wildman–Crippen MR) is 72.2 cm³/mol. The van der Waals surface area contributed by atoms with Gasteiger partial charge in [0.25, 0.3) is 0 Å². The summed E-state index contributed by atoms with van der Waals surface area (Å²) in [4.78, 5) is 0. The van der Waals surface area contributed by atoms with Crippen molar-refractivity contribution in [3.63, 3.8) is 0 Å². The van der Waals surface area contributed by atoms with Crippen molar-refractivity contribution in [1.82, 2.24) is 0 Å². The van der Waals surface area contributed by atoms with Crippen LogP contribution in [-0.2, 0) is 0 Å². The molecule has 0 radical (unpaired) electrons. The first-order chi connectivity index (χ1) is 8.19. The van der Waals surface area contributed by atoms with Gasteiger partial charge in [0, 0.05) is 29.9 Å². The van der Waals surface area contributed by atoms with E-state index >= 15 is 0 Å². The smallest absolute Gasteiger partial charge is 0.124 e. The Morgan fingerprint density at radius 3 is 2.18 bits per heavy atom. The van der Waals surface area contributed by atoms with Crippen LogP contribution >= 0.6 is 0 Å². The van der Waals surface area contributed by atoms with Gasteiger partial charge in [0.2, 0.25) is 0 Å². The molecule has 1 unspecified atom stereocenters. The monoisotopic (exact) mass is 237 g/mol. The zero-order valence-corrected chi connectivity index (χ0v) is 11.2. The summed E-state index contributed by atoms with van der Waals surface area (Å²) in [6, 6.07) is 6.32. The summed E-state index contributed by atoms with van der Waals surface area (Å²) in [5.41, 5.74) is 1.05. The fourth-order valence-electron chi connectivity index (χ4n) is 1.76. The lowest BCUT2D eigenvalue weighted by atomic mass is 10.1. The lowest BCUT2D eigenvalue weighted by Gasteiger charge is -2.16. The molecule has 1 atom stereocenters. The van der Waals surface area contributed by atoms with Crippen molar-refractivity contribution in [3.8, 4) is 11.5 Å². The van der Waals surface area contributed by atoms with Gasteiger partial charge in [-0.3, -0.25) is 0 Å². The van der Waals surface area contributed by atoms with Crippen molar-refractivity contribution in [2.24, 2.45) is 0 Å². The number of benzene rings is 1. The normalized spacial score (nSPS) is 12.0. The Morgan fingerprint density at radius 1 is 1.12 bits per heavy atom. The van der Waals surface area contributed by atoms with E-state index in [9.17, 15) is 0 Å². The van der Waals surface area contributed by atoms with Crippen molar-refractivity contribution in [2.75, 3.05) is 19.5 Å². The van der Waals surface area contributed by atoms with Crippen LogP contribution < -0.4 is 14.8 Å². The molecule has 1 N–H and O–H groups in total. The second-order valence-corrected chi connectivity index (χ2v) is 4.29. The van der Waals surface area contributed by atoms with Crippen molar-refractivity contribution in [2.45, 2.75) is 39.2 Å². The Morgan fingerprint density at radius 2 is 1.71 bits per heavy atom. The molecule has 1 rings (SSSR count). The van der Waals surface area contributed by atoms with E-state index in [4.69, 9.17) is 9.47 Å². The Balaban J connectivity index is 2.68. The van der Waals surface area contributed by atoms with E-state index in [0.29, 0.717) is 6.04 Å². The minimum atomic E-state index is 0.465. The molecular weight excluding hydrogens is 214 g/mol. The van der Waals surface area contributed by atoms with Gasteiger partial charge in [0.15, 0.2) is 0 Å². The van der Waals surface area contributed by atoms with Crippen LogP contribution in [0.1, 0.15) is 33.1 Å². The molecule has 3 nitrogen and oxygen atoms in total. The van der Waals surface area contributed by atoms with Gasteiger partial charge in [-0.2, -0.15) is 0 Å². The van der Waals surface area contributed by atoms with Gasteiger partial charge < -0.3 is 14.8 Å². The van der Waals surface area contributed by atoms with Crippen LogP contribution in [0.4, 0.5) is 5.69 Å². The summed E-state index contributed by atoms with van der Waals surface area (Å²) in [5.74, 6) is 1.63. The number of hydrogen-bond donors (Lipinski definition) is 1. The first-order valence-corrected chi connectivity index (χ1v) is 6.19. The first kappa shape index (κ1) is 13.7. The van der Waals surface area contributed by atoms with Crippen LogP contribution in [0.3, 0.4) is 0 Å². The lowest BCUT2D eigenvalue weighted by molar-refractivity contribution is 0.394. The van der Waals surface area contributed by atoms with Crippen LogP contribution in [-0.4, -0.2) is 20.3 Å². The molecule has 0 aliphatic carbocycles. The average Bonchev–Trinajstić information content (AvgIpc) is 2.35. The summed E-state index contributed by atoms with van der Waals surface area (Å²) in [7, 11) is 3.33. The molecule has 17 heavy (non-hydrogen) atoms. The van der Waals surface area contributed by atoms with Crippen LogP contribution in [0.15, 0.2) is 18.2 Å². The lowest BCUT2D eigenvalue weighted by Crippen LogP contribution is -2.14. The molecule has 0 spiro atoms. The molecule has 0 aromatic heterocycles. The van der Waals surface area contributed by atoms with Gasteiger partial charge in [0.1, 0.15) is 11.5 Å². The van der Waals surface area contributed by atoms with Crippen molar-refractivity contribution in [3.05, 3.63) is 18.2 Å². The highest BCUT2D eigenvalue weighted by molar-refractivity contribution is 5.54. The highest BCUT2D eigenvalue weighted by atomic mass is 16.5. The minimum absolute atomic E-state index is 0.465. The molecule has 0 fully saturated rings. The molecule has 3 heteroatoms. The molecular formula is C14H23NO2. The Kier molecular flexibility index (Phi) is 5.67. The maximum absolute atomic E-state index is 5.24. The topological polar surface area (TPSA) is 30.5 Å². The van der Waals surface area contributed by atoms with Gasteiger partial charge in [-0.25, -0.2) is 0 Å². The van der Waals surface area contributed by atoms with Crippen LogP contribution in [0.25, 0.3) is 0 Å². The summed E-state index contributed by atoms with van der Waals surface area (Å²) < 4.78 is 10.5. The van der Waals surface area contributed by atoms with Crippen LogP contribution in [0.5, 0.6) is 11.5 Å². The second kappa shape index (κ2) is 7.05. The van der Waals surface area contributed by atoms with Crippen LogP contribution in [0, 0.1) is 0 Å². The SMILES string of the molecule is CCCCC(C)Nc1cc(OC)cc(OC)c1. The number of rotatable bonds is 7. The number of methoxy groups -OCH3 is 2. The van der Waals surface area contributed by atoms with Crippen molar-refractivity contribution >= 4 is 5.69 Å². The van der Waals surface area contributed by atoms with E-state index < -0.39 is 0 Å². The maximum Gasteiger partial charge on any atom is 0.124 e. The van der Waals surface area contributed by atoms with E-state index in [1.165, 1.54) is 19.3 Å². The van der Waals surface area contributed by atoms with Crippen molar-refractivity contribution < 1.29 is 9.47 Å². The standard InChI is InChI=1S/C14H23NO2/c1-5-6-7-11(2)15-12-8-13(16-3)10-14(9-12)17-4/h8-11,15H,5-7H2,1-4H3. The molecule has 0 saturated carbocycles. The molecule has 0 amide bonds. The molecule has 0 heterocycles. The van der Waals surface area contributed by atoms with Gasteiger partial charge in [-0.05, 0) is 13.3 Å². The number of hydrogen-bond acceptors (Lipinski definition) is 3. The number of nitrogens with one attached hydrogen (secondary N) is 1. The minimum Gasteiger partial charge on any atom is -0.497 e. The Hall–Kier alpha value is -1.38. The number of ether oxygens (including phenoxy) is 2. The van der Waals surface area contributed by atoms with Gasteiger partial charge in [-0.1, -0.05) is 19.8 Å². The first-order valence-electron chi connectivity index (χ1n) is 6.19. The molecule has 0 aliphatic heterocycles. The Labute approximate surface area is 104 Å². The second-order valence-electron chi connectivity index (χ2n) is 4.29. The third kappa shape index (κ3) is 4.55. The Bertz CT molecular complexity index is 317. The van der Waals surface area contributed by atoms with Gasteiger partial charge >= 0.3 is 0 Å². The molecule has 0 aliphatic rings. The predicted octanol–water partition coefficient (Wildman–Crippen LogP) is 3.69. The van der Waals surface area contributed by atoms with E-state index in [2.05, 4.69) is 19.2 Å². The quantitative estimate of drug-likeness (QED) is 0.784. The van der Waals surface area contributed by atoms with E-state index in [1.54, 1.807) is 14.2 Å². The third-order valence-corrected chi connectivity index (χ3v) is 2.76. The maximum atomic E-state index is 5.24. The van der Waals surface area contributed by atoms with Crippen molar-refractivity contribution in [1.29, 1.82) is 0 Å². The summed E-state index contributed by atoms with van der Waals surface area (Å²) in [5, 5.41) is 3.47. The average molecular weight is 237 g/mol. The number of unbranched alkanes of at least 4 members (excludes halogenated alkanes) is 1. The highest BCUT2D eigenvalue weighted by Crippen LogP contribution is 2.26. The van der Waals surface area contributed by atoms with E-state index in [0.717, 1.165) is 17.2 Å². The summed E-state index contributed by atoms with van der Waals surface area (Å²) >= 11 is 0. The zero-order chi connectivity index (χ0) is 12.7. The van der Waals surface area contributed by atoms with Gasteiger partial charge in [-0.15, -0.1) is 0 Å². The summed E-state index contributed by atoms with van der Waals surface area (Å²) in [6.07, 6.45) is 3.65. The van der Waals surface area contributed by atoms with Crippen LogP contribution in [0.2, 0.25) is 0 Å². The number of anilines is 1. The molecule has 1 aromatic rings. The largest absolute Gasteiger partial charge is 0.497 e. The molecule has 96 valence electrons. The molecule has 0 bridgehead atoms. The third-order valence-electron chi connectivity index (χ3n) is 2.76. The fourth-order valence-corrected chi connectivity index (χ4v) is 1.76. The van der Waals surface area contributed by atoms with E-state index in [-0.39, 0.29) is 0 Å². The highest BCUT2D eigenvalue weighted by Gasteiger charge is 2.05. The van der Waals surface area contributed by atoms with Gasteiger partial charge in [0.05, 0.1) is 14.2 Å². The zero-order valence-electron chi connectivity index (χ0n) is 11.2.